The molecule has 0 radical (unpaired) electrons. The lowest BCUT2D eigenvalue weighted by Crippen LogP contribution is -2.29. The third kappa shape index (κ3) is 3.64. The summed E-state index contributed by atoms with van der Waals surface area (Å²) in [5.74, 6) is 5.16. The van der Waals surface area contributed by atoms with Crippen LogP contribution in [0, 0.1) is 11.8 Å². The molecule has 0 unspecified atom stereocenters. The summed E-state index contributed by atoms with van der Waals surface area (Å²) in [4.78, 5) is 37.8. The first kappa shape index (κ1) is 18.2. The van der Waals surface area contributed by atoms with Crippen LogP contribution in [0.2, 0.25) is 0 Å². The summed E-state index contributed by atoms with van der Waals surface area (Å²) in [7, 11) is 0. The van der Waals surface area contributed by atoms with E-state index in [1.807, 2.05) is 30.3 Å². The highest BCUT2D eigenvalue weighted by molar-refractivity contribution is 6.34. The van der Waals surface area contributed by atoms with Gasteiger partial charge in [0, 0.05) is 18.1 Å². The van der Waals surface area contributed by atoms with Crippen molar-refractivity contribution >= 4 is 23.5 Å². The van der Waals surface area contributed by atoms with Crippen molar-refractivity contribution < 1.29 is 19.1 Å². The van der Waals surface area contributed by atoms with Crippen molar-refractivity contribution in [2.45, 2.75) is 6.92 Å². The molecule has 4 rings (SSSR count). The Balaban J connectivity index is 1.62. The SMILES string of the molecule is CC(=O)Oc1ccc(N2C(=O)c3ccc(C#Cc4ccccc4)cc3C2=O)cc1. The third-order valence-corrected chi connectivity index (χ3v) is 4.37. The molecule has 1 aliphatic rings. The van der Waals surface area contributed by atoms with Crippen molar-refractivity contribution in [3.8, 4) is 17.6 Å². The number of carbonyl (C=O) groups is 3. The Morgan fingerprint density at radius 1 is 0.793 bits per heavy atom. The van der Waals surface area contributed by atoms with E-state index in [9.17, 15) is 14.4 Å². The van der Waals surface area contributed by atoms with Crippen molar-refractivity contribution in [3.63, 3.8) is 0 Å². The van der Waals surface area contributed by atoms with Gasteiger partial charge in [-0.15, -0.1) is 0 Å². The van der Waals surface area contributed by atoms with Gasteiger partial charge >= 0.3 is 5.97 Å². The predicted molar refractivity (Wildman–Crippen MR) is 108 cm³/mol. The first-order valence-corrected chi connectivity index (χ1v) is 8.91. The number of fused-ring (bicyclic) bond motifs is 1. The molecule has 3 aromatic rings. The largest absolute Gasteiger partial charge is 0.427 e. The van der Waals surface area contributed by atoms with Gasteiger partial charge in [-0.05, 0) is 54.6 Å². The fraction of sp³-hybridized carbons (Fsp3) is 0.0417. The van der Waals surface area contributed by atoms with Crippen molar-refractivity contribution in [2.75, 3.05) is 4.90 Å². The van der Waals surface area contributed by atoms with Crippen LogP contribution in [0.5, 0.6) is 5.75 Å². The van der Waals surface area contributed by atoms with E-state index in [-0.39, 0.29) is 0 Å². The van der Waals surface area contributed by atoms with Gasteiger partial charge in [-0.25, -0.2) is 4.90 Å². The molecule has 0 aliphatic carbocycles. The van der Waals surface area contributed by atoms with Gasteiger partial charge in [0.2, 0.25) is 0 Å². The molecule has 0 bridgehead atoms. The zero-order valence-electron chi connectivity index (χ0n) is 15.5. The topological polar surface area (TPSA) is 63.7 Å². The maximum Gasteiger partial charge on any atom is 0.308 e. The molecule has 3 aromatic carbocycles. The van der Waals surface area contributed by atoms with E-state index in [2.05, 4.69) is 11.8 Å². The Morgan fingerprint density at radius 3 is 2.14 bits per heavy atom. The lowest BCUT2D eigenvalue weighted by atomic mass is 10.1. The average Bonchev–Trinajstić information content (AvgIpc) is 2.97. The molecule has 0 atom stereocenters. The highest BCUT2D eigenvalue weighted by Gasteiger charge is 2.36. The molecule has 1 aliphatic heterocycles. The quantitative estimate of drug-likeness (QED) is 0.293. The van der Waals surface area contributed by atoms with Crippen LogP contribution in [0.1, 0.15) is 38.8 Å². The maximum absolute atomic E-state index is 12.9. The third-order valence-electron chi connectivity index (χ3n) is 4.37. The maximum atomic E-state index is 12.9. The zero-order valence-corrected chi connectivity index (χ0v) is 15.5. The van der Waals surface area contributed by atoms with Crippen LogP contribution < -0.4 is 9.64 Å². The molecule has 2 amide bonds. The summed E-state index contributed by atoms with van der Waals surface area (Å²) in [6.45, 7) is 1.30. The van der Waals surface area contributed by atoms with Crippen LogP contribution in [0.15, 0.2) is 72.8 Å². The number of nitrogens with zero attached hydrogens (tertiary/aromatic N) is 1. The fourth-order valence-corrected chi connectivity index (χ4v) is 3.05. The van der Waals surface area contributed by atoms with Gasteiger partial charge in [0.05, 0.1) is 16.8 Å². The molecule has 0 aromatic heterocycles. The number of ether oxygens (including phenoxy) is 1. The van der Waals surface area contributed by atoms with Crippen molar-refractivity contribution in [1.82, 2.24) is 0 Å². The average molecular weight is 381 g/mol. The number of esters is 1. The number of amides is 2. The summed E-state index contributed by atoms with van der Waals surface area (Å²) in [5, 5.41) is 0. The number of hydrogen-bond acceptors (Lipinski definition) is 4. The first-order chi connectivity index (χ1) is 14.0. The molecule has 0 fully saturated rings. The number of hydrogen-bond donors (Lipinski definition) is 0. The summed E-state index contributed by atoms with van der Waals surface area (Å²) < 4.78 is 4.98. The second-order valence-electron chi connectivity index (χ2n) is 6.41. The molecular formula is C24H15NO4. The highest BCUT2D eigenvalue weighted by Crippen LogP contribution is 2.30. The summed E-state index contributed by atoms with van der Waals surface area (Å²) in [6.07, 6.45) is 0. The Morgan fingerprint density at radius 2 is 1.45 bits per heavy atom. The molecule has 29 heavy (non-hydrogen) atoms. The van der Waals surface area contributed by atoms with Gasteiger partial charge in [-0.2, -0.15) is 0 Å². The molecule has 0 saturated carbocycles. The summed E-state index contributed by atoms with van der Waals surface area (Å²) in [6, 6.07) is 20.7. The van der Waals surface area contributed by atoms with Crippen LogP contribution >= 0.6 is 0 Å². The molecule has 5 heteroatoms. The van der Waals surface area contributed by atoms with Crippen molar-refractivity contribution in [1.29, 1.82) is 0 Å². The van der Waals surface area contributed by atoms with Crippen molar-refractivity contribution in [2.24, 2.45) is 0 Å². The number of imide groups is 1. The standard InChI is InChI=1S/C24H15NO4/c1-16(26)29-20-12-10-19(11-13-20)25-23(27)21-14-9-18(15-22(21)24(25)28)8-7-17-5-3-2-4-6-17/h2-6,9-15H,1H3. The van der Waals surface area contributed by atoms with Crippen LogP contribution in [0.25, 0.3) is 0 Å². The van der Waals surface area contributed by atoms with E-state index < -0.39 is 17.8 Å². The second-order valence-corrected chi connectivity index (χ2v) is 6.41. The lowest BCUT2D eigenvalue weighted by Gasteiger charge is -2.14. The number of benzene rings is 3. The van der Waals surface area contributed by atoms with Gasteiger partial charge in [0.1, 0.15) is 5.75 Å². The van der Waals surface area contributed by atoms with Gasteiger partial charge in [0.25, 0.3) is 11.8 Å². The van der Waals surface area contributed by atoms with Gasteiger partial charge in [-0.3, -0.25) is 14.4 Å². The van der Waals surface area contributed by atoms with Crippen LogP contribution in [-0.2, 0) is 4.79 Å². The van der Waals surface area contributed by atoms with Crippen LogP contribution in [0.4, 0.5) is 5.69 Å². The minimum absolute atomic E-state index is 0.318. The first-order valence-electron chi connectivity index (χ1n) is 8.91. The molecule has 140 valence electrons. The van der Waals surface area contributed by atoms with E-state index >= 15 is 0 Å². The highest BCUT2D eigenvalue weighted by atomic mass is 16.5. The Kier molecular flexibility index (Phi) is 4.68. The van der Waals surface area contributed by atoms with E-state index in [0.717, 1.165) is 10.5 Å². The summed E-state index contributed by atoms with van der Waals surface area (Å²) >= 11 is 0. The Labute approximate surface area is 167 Å². The smallest absolute Gasteiger partial charge is 0.308 e. The summed E-state index contributed by atoms with van der Waals surface area (Å²) in [5.41, 5.74) is 2.58. The van der Waals surface area contributed by atoms with Gasteiger partial charge in [-0.1, -0.05) is 30.0 Å². The molecule has 1 heterocycles. The monoisotopic (exact) mass is 381 g/mol. The molecule has 5 nitrogen and oxygen atoms in total. The predicted octanol–water partition coefficient (Wildman–Crippen LogP) is 3.81. The minimum atomic E-state index is -0.442. The number of anilines is 1. The van der Waals surface area contributed by atoms with E-state index in [1.54, 1.807) is 30.3 Å². The number of carbonyl (C=O) groups excluding carboxylic acids is 3. The lowest BCUT2D eigenvalue weighted by molar-refractivity contribution is -0.131. The van der Waals surface area contributed by atoms with Gasteiger partial charge in [0.15, 0.2) is 0 Å². The normalized spacial score (nSPS) is 12.2. The molecular weight excluding hydrogens is 366 g/mol. The molecule has 0 spiro atoms. The molecule has 0 saturated heterocycles. The van der Waals surface area contributed by atoms with Crippen LogP contribution in [0.3, 0.4) is 0 Å². The van der Waals surface area contributed by atoms with Gasteiger partial charge < -0.3 is 4.74 Å². The van der Waals surface area contributed by atoms with E-state index in [1.165, 1.54) is 19.1 Å². The van der Waals surface area contributed by atoms with Crippen molar-refractivity contribution in [3.05, 3.63) is 95.1 Å². The van der Waals surface area contributed by atoms with Crippen LogP contribution in [-0.4, -0.2) is 17.8 Å². The Hall–Kier alpha value is -4.17. The Bertz CT molecular complexity index is 1190. The zero-order chi connectivity index (χ0) is 20.4. The van der Waals surface area contributed by atoms with E-state index in [4.69, 9.17) is 4.74 Å². The fourth-order valence-electron chi connectivity index (χ4n) is 3.05. The molecule has 0 N–H and O–H groups in total. The minimum Gasteiger partial charge on any atom is -0.427 e. The second kappa shape index (κ2) is 7.45. The number of rotatable bonds is 2. The van der Waals surface area contributed by atoms with E-state index in [0.29, 0.717) is 28.1 Å².